The van der Waals surface area contributed by atoms with Gasteiger partial charge in [0.2, 0.25) is 5.91 Å². The monoisotopic (exact) mass is 343 g/mol. The molecule has 6 heteroatoms. The fourth-order valence-electron chi connectivity index (χ4n) is 2.94. The third-order valence-electron chi connectivity index (χ3n) is 4.33. The van der Waals surface area contributed by atoms with E-state index in [9.17, 15) is 9.59 Å². The van der Waals surface area contributed by atoms with Crippen molar-refractivity contribution in [2.24, 2.45) is 5.92 Å². The van der Waals surface area contributed by atoms with E-state index in [1.807, 2.05) is 18.4 Å². The van der Waals surface area contributed by atoms with Gasteiger partial charge in [0.1, 0.15) is 5.82 Å². The summed E-state index contributed by atoms with van der Waals surface area (Å²) in [5.74, 6) is 0.544. The number of aromatic nitrogens is 1. The van der Waals surface area contributed by atoms with E-state index in [-0.39, 0.29) is 17.7 Å². The van der Waals surface area contributed by atoms with E-state index in [4.69, 9.17) is 0 Å². The number of aryl methyl sites for hydroxylation is 1. The second-order valence-corrected chi connectivity index (χ2v) is 7.09. The van der Waals surface area contributed by atoms with Gasteiger partial charge >= 0.3 is 0 Å². The summed E-state index contributed by atoms with van der Waals surface area (Å²) in [5, 5.41) is 7.62. The quantitative estimate of drug-likeness (QED) is 0.873. The minimum absolute atomic E-state index is 0.0528. The van der Waals surface area contributed by atoms with Crippen LogP contribution in [0.5, 0.6) is 0 Å². The molecule has 1 aliphatic rings. The zero-order valence-corrected chi connectivity index (χ0v) is 14.5. The van der Waals surface area contributed by atoms with Crippen LogP contribution in [0.2, 0.25) is 0 Å². The van der Waals surface area contributed by atoms with E-state index in [2.05, 4.69) is 15.6 Å². The standard InChI is InChI=1S/C18H21N3O2S/c1-12-10-16(21-17(22)13-6-3-2-4-7-13)19-11-14(12)20-18(23)15-8-5-9-24-15/h5,8-11,13H,2-4,6-7H2,1H3,(H,20,23)(H,19,21,22). The van der Waals surface area contributed by atoms with Crippen molar-refractivity contribution in [3.63, 3.8) is 0 Å². The smallest absolute Gasteiger partial charge is 0.265 e. The predicted molar refractivity (Wildman–Crippen MR) is 96.5 cm³/mol. The molecule has 2 aromatic heterocycles. The van der Waals surface area contributed by atoms with E-state index >= 15 is 0 Å². The number of nitrogens with one attached hydrogen (secondary N) is 2. The highest BCUT2D eigenvalue weighted by atomic mass is 32.1. The summed E-state index contributed by atoms with van der Waals surface area (Å²) in [7, 11) is 0. The van der Waals surface area contributed by atoms with Crippen LogP contribution in [0.4, 0.5) is 11.5 Å². The fourth-order valence-corrected chi connectivity index (χ4v) is 3.56. The van der Waals surface area contributed by atoms with Crippen LogP contribution >= 0.6 is 11.3 Å². The normalized spacial score (nSPS) is 15.0. The molecule has 2 amide bonds. The lowest BCUT2D eigenvalue weighted by Gasteiger charge is -2.20. The maximum atomic E-state index is 12.3. The van der Waals surface area contributed by atoms with Crippen molar-refractivity contribution in [1.82, 2.24) is 4.98 Å². The van der Waals surface area contributed by atoms with Crippen molar-refractivity contribution < 1.29 is 9.59 Å². The van der Waals surface area contributed by atoms with Gasteiger partial charge in [0.05, 0.1) is 16.8 Å². The van der Waals surface area contributed by atoms with Gasteiger partial charge in [-0.25, -0.2) is 4.98 Å². The van der Waals surface area contributed by atoms with Crippen molar-refractivity contribution in [2.75, 3.05) is 10.6 Å². The number of carbonyl (C=O) groups excluding carboxylic acids is 2. The molecule has 0 saturated heterocycles. The van der Waals surface area contributed by atoms with Gasteiger partial charge in [-0.2, -0.15) is 0 Å². The third kappa shape index (κ3) is 4.00. The number of rotatable bonds is 4. The van der Waals surface area contributed by atoms with Crippen LogP contribution in [-0.2, 0) is 4.79 Å². The molecule has 0 atom stereocenters. The summed E-state index contributed by atoms with van der Waals surface area (Å²) in [6.07, 6.45) is 6.98. The number of pyridine rings is 1. The van der Waals surface area contributed by atoms with E-state index < -0.39 is 0 Å². The molecule has 1 aliphatic carbocycles. The SMILES string of the molecule is Cc1cc(NC(=O)C2CCCCC2)ncc1NC(=O)c1cccs1. The molecule has 3 rings (SSSR count). The highest BCUT2D eigenvalue weighted by molar-refractivity contribution is 7.12. The van der Waals surface area contributed by atoms with Crippen LogP contribution < -0.4 is 10.6 Å². The highest BCUT2D eigenvalue weighted by Crippen LogP contribution is 2.25. The molecule has 2 aromatic rings. The van der Waals surface area contributed by atoms with Crippen LogP contribution in [0.15, 0.2) is 29.8 Å². The molecule has 0 aromatic carbocycles. The average molecular weight is 343 g/mol. The minimum Gasteiger partial charge on any atom is -0.320 e. The predicted octanol–water partition coefficient (Wildman–Crippen LogP) is 4.22. The lowest BCUT2D eigenvalue weighted by Crippen LogP contribution is -2.25. The average Bonchev–Trinajstić information content (AvgIpc) is 3.13. The van der Waals surface area contributed by atoms with Gasteiger partial charge in [-0.15, -0.1) is 11.3 Å². The first-order valence-corrected chi connectivity index (χ1v) is 9.14. The Morgan fingerprint density at radius 3 is 2.67 bits per heavy atom. The summed E-state index contributed by atoms with van der Waals surface area (Å²) in [5.41, 5.74) is 1.53. The maximum absolute atomic E-state index is 12.3. The van der Waals surface area contributed by atoms with E-state index in [1.165, 1.54) is 17.8 Å². The number of hydrogen-bond acceptors (Lipinski definition) is 4. The first-order chi connectivity index (χ1) is 11.6. The van der Waals surface area contributed by atoms with Crippen molar-refractivity contribution in [2.45, 2.75) is 39.0 Å². The van der Waals surface area contributed by atoms with Crippen molar-refractivity contribution >= 4 is 34.7 Å². The van der Waals surface area contributed by atoms with Gasteiger partial charge < -0.3 is 10.6 Å². The van der Waals surface area contributed by atoms with Gasteiger partial charge in [0.15, 0.2) is 0 Å². The van der Waals surface area contributed by atoms with Crippen LogP contribution in [0.1, 0.15) is 47.3 Å². The number of amides is 2. The zero-order valence-electron chi connectivity index (χ0n) is 13.7. The Labute approximate surface area is 145 Å². The Hall–Kier alpha value is -2.21. The molecule has 24 heavy (non-hydrogen) atoms. The molecule has 0 aliphatic heterocycles. The lowest BCUT2D eigenvalue weighted by molar-refractivity contribution is -0.120. The summed E-state index contributed by atoms with van der Waals surface area (Å²) in [6.45, 7) is 1.89. The van der Waals surface area contributed by atoms with Gasteiger partial charge in [-0.3, -0.25) is 9.59 Å². The van der Waals surface area contributed by atoms with E-state index in [0.717, 1.165) is 31.2 Å². The molecule has 2 N–H and O–H groups in total. The van der Waals surface area contributed by atoms with Crippen molar-refractivity contribution in [3.05, 3.63) is 40.2 Å². The molecular formula is C18H21N3O2S. The number of carbonyl (C=O) groups is 2. The summed E-state index contributed by atoms with van der Waals surface area (Å²) in [4.78, 5) is 29.3. The van der Waals surface area contributed by atoms with Crippen LogP contribution in [0.25, 0.3) is 0 Å². The maximum Gasteiger partial charge on any atom is 0.265 e. The van der Waals surface area contributed by atoms with Crippen molar-refractivity contribution in [1.29, 1.82) is 0 Å². The molecular weight excluding hydrogens is 322 g/mol. The Morgan fingerprint density at radius 1 is 1.21 bits per heavy atom. The summed E-state index contributed by atoms with van der Waals surface area (Å²) < 4.78 is 0. The van der Waals surface area contributed by atoms with Crippen LogP contribution in [0.3, 0.4) is 0 Å². The summed E-state index contributed by atoms with van der Waals surface area (Å²) in [6, 6.07) is 5.42. The van der Waals surface area contributed by atoms with E-state index in [1.54, 1.807) is 18.3 Å². The number of nitrogens with zero attached hydrogens (tertiary/aromatic N) is 1. The van der Waals surface area contributed by atoms with Gasteiger partial charge in [0, 0.05) is 5.92 Å². The first-order valence-electron chi connectivity index (χ1n) is 8.26. The molecule has 126 valence electrons. The Morgan fingerprint density at radius 2 is 2.00 bits per heavy atom. The first kappa shape index (κ1) is 16.6. The highest BCUT2D eigenvalue weighted by Gasteiger charge is 2.21. The largest absolute Gasteiger partial charge is 0.320 e. The number of thiophene rings is 1. The topological polar surface area (TPSA) is 71.1 Å². The third-order valence-corrected chi connectivity index (χ3v) is 5.20. The van der Waals surface area contributed by atoms with Crippen LogP contribution in [0, 0.1) is 12.8 Å². The second-order valence-electron chi connectivity index (χ2n) is 6.14. The Balaban J connectivity index is 1.63. The molecule has 0 radical (unpaired) electrons. The number of hydrogen-bond donors (Lipinski definition) is 2. The Bertz CT molecular complexity index is 722. The van der Waals surface area contributed by atoms with Crippen molar-refractivity contribution in [3.8, 4) is 0 Å². The molecule has 0 bridgehead atoms. The van der Waals surface area contributed by atoms with Gasteiger partial charge in [-0.05, 0) is 42.8 Å². The van der Waals surface area contributed by atoms with Gasteiger partial charge in [0.25, 0.3) is 5.91 Å². The molecule has 1 saturated carbocycles. The molecule has 0 spiro atoms. The zero-order chi connectivity index (χ0) is 16.9. The van der Waals surface area contributed by atoms with E-state index in [0.29, 0.717) is 16.4 Å². The molecule has 5 nitrogen and oxygen atoms in total. The number of anilines is 2. The second kappa shape index (κ2) is 7.57. The summed E-state index contributed by atoms with van der Waals surface area (Å²) >= 11 is 1.39. The lowest BCUT2D eigenvalue weighted by atomic mass is 9.89. The van der Waals surface area contributed by atoms with Crippen LogP contribution in [-0.4, -0.2) is 16.8 Å². The fraction of sp³-hybridized carbons (Fsp3) is 0.389. The minimum atomic E-state index is -0.145. The van der Waals surface area contributed by atoms with Gasteiger partial charge in [-0.1, -0.05) is 25.3 Å². The molecule has 2 heterocycles. The molecule has 0 unspecified atom stereocenters. The Kier molecular flexibility index (Phi) is 5.25. The molecule has 1 fully saturated rings.